The number of hydrogen-bond donors (Lipinski definition) is 1. The van der Waals surface area contributed by atoms with Crippen molar-refractivity contribution in [2.24, 2.45) is 10.9 Å². The van der Waals surface area contributed by atoms with Gasteiger partial charge in [0.1, 0.15) is 5.76 Å². The first kappa shape index (κ1) is 14.2. The number of fused-ring (bicyclic) bond motifs is 1. The van der Waals surface area contributed by atoms with E-state index in [0.717, 1.165) is 16.2 Å². The summed E-state index contributed by atoms with van der Waals surface area (Å²) in [5.74, 6) is 0.391. The Labute approximate surface area is 127 Å². The lowest BCUT2D eigenvalue weighted by molar-refractivity contribution is -0.383. The van der Waals surface area contributed by atoms with Crippen molar-refractivity contribution in [3.8, 4) is 0 Å². The number of rotatable bonds is 2. The highest BCUT2D eigenvalue weighted by atomic mass is 16.3. The zero-order valence-corrected chi connectivity index (χ0v) is 12.7. The van der Waals surface area contributed by atoms with Crippen LogP contribution in [0.15, 0.2) is 39.6 Å². The van der Waals surface area contributed by atoms with Gasteiger partial charge in [0.05, 0.1) is 31.8 Å². The van der Waals surface area contributed by atoms with Gasteiger partial charge in [0, 0.05) is 12.6 Å². The van der Waals surface area contributed by atoms with Crippen molar-refractivity contribution >= 4 is 23.5 Å². The van der Waals surface area contributed by atoms with Gasteiger partial charge in [0.25, 0.3) is 11.7 Å². The van der Waals surface area contributed by atoms with Gasteiger partial charge in [-0.2, -0.15) is 4.90 Å². The Morgan fingerprint density at radius 1 is 1.32 bits per heavy atom. The minimum Gasteiger partial charge on any atom is -0.467 e. The van der Waals surface area contributed by atoms with Gasteiger partial charge >= 0.3 is 6.03 Å². The number of amidine groups is 1. The summed E-state index contributed by atoms with van der Waals surface area (Å²) >= 11 is 0. The molecule has 3 heterocycles. The molecule has 0 aromatic carbocycles. The van der Waals surface area contributed by atoms with Gasteiger partial charge in [0.2, 0.25) is 0 Å². The van der Waals surface area contributed by atoms with Crippen LogP contribution in [0, 0.1) is 5.92 Å². The number of aliphatic imine (C=N–C) groups is 1. The molecule has 22 heavy (non-hydrogen) atoms. The smallest absolute Gasteiger partial charge is 0.417 e. The molecule has 1 atom stereocenters. The number of imide groups is 1. The van der Waals surface area contributed by atoms with E-state index in [9.17, 15) is 9.59 Å². The molecular weight excluding hydrogens is 284 g/mol. The first-order valence-corrected chi connectivity index (χ1v) is 6.93. The summed E-state index contributed by atoms with van der Waals surface area (Å²) in [7, 11) is 3.12. The molecule has 1 unspecified atom stereocenters. The van der Waals surface area contributed by atoms with Crippen LogP contribution in [0.5, 0.6) is 0 Å². The number of amides is 3. The van der Waals surface area contributed by atoms with E-state index in [1.54, 1.807) is 25.6 Å². The number of carbonyl (C=O) groups excluding carboxylic acids is 2. The molecule has 2 aliphatic rings. The Hall–Kier alpha value is -2.70. The Balaban J connectivity index is 1.99. The van der Waals surface area contributed by atoms with Crippen LogP contribution in [0.2, 0.25) is 0 Å². The molecular formula is C15H17N4O3+. The third-order valence-corrected chi connectivity index (χ3v) is 3.89. The lowest BCUT2D eigenvalue weighted by atomic mass is 9.91. The number of furan rings is 1. The van der Waals surface area contributed by atoms with Gasteiger partial charge in [0.15, 0.2) is 5.92 Å². The first-order chi connectivity index (χ1) is 10.5. The molecule has 7 nitrogen and oxygen atoms in total. The number of hydrogen-bond acceptors (Lipinski definition) is 4. The Kier molecular flexibility index (Phi) is 3.40. The molecule has 0 bridgehead atoms. The second kappa shape index (κ2) is 5.25. The quantitative estimate of drug-likeness (QED) is 0.818. The van der Waals surface area contributed by atoms with Crippen molar-refractivity contribution in [2.75, 3.05) is 14.1 Å². The highest BCUT2D eigenvalue weighted by molar-refractivity contribution is 6.31. The van der Waals surface area contributed by atoms with Crippen LogP contribution in [0.1, 0.15) is 12.7 Å². The molecule has 1 aromatic rings. The third-order valence-electron chi connectivity index (χ3n) is 3.89. The van der Waals surface area contributed by atoms with E-state index in [1.807, 2.05) is 13.0 Å². The largest absolute Gasteiger partial charge is 0.467 e. The van der Waals surface area contributed by atoms with E-state index in [-0.39, 0.29) is 11.9 Å². The Morgan fingerprint density at radius 2 is 2.09 bits per heavy atom. The van der Waals surface area contributed by atoms with Crippen LogP contribution in [0.4, 0.5) is 4.79 Å². The second-order valence-electron chi connectivity index (χ2n) is 5.31. The summed E-state index contributed by atoms with van der Waals surface area (Å²) in [6.07, 6.45) is 3.35. The number of urea groups is 1. The number of carbonyl (C=O) groups is 2. The summed E-state index contributed by atoms with van der Waals surface area (Å²) in [5.41, 5.74) is 1.52. The summed E-state index contributed by atoms with van der Waals surface area (Å²) in [5, 5.41) is 0. The highest BCUT2D eigenvalue weighted by Crippen LogP contribution is 2.21. The molecule has 3 rings (SSSR count). The predicted molar refractivity (Wildman–Crippen MR) is 79.0 cm³/mol. The molecule has 0 spiro atoms. The van der Waals surface area contributed by atoms with E-state index in [0.29, 0.717) is 18.1 Å². The Morgan fingerprint density at radius 3 is 2.77 bits per heavy atom. The minimum absolute atomic E-state index is 0.281. The average molecular weight is 301 g/mol. The maximum Gasteiger partial charge on any atom is 0.417 e. The fourth-order valence-electron chi connectivity index (χ4n) is 2.62. The summed E-state index contributed by atoms with van der Waals surface area (Å²) < 4.78 is 5.27. The first-order valence-electron chi connectivity index (χ1n) is 6.93. The summed E-state index contributed by atoms with van der Waals surface area (Å²) in [4.78, 5) is 34.7. The van der Waals surface area contributed by atoms with Crippen molar-refractivity contribution < 1.29 is 19.0 Å². The number of nitrogens with zero attached hydrogens (tertiary/aromatic N) is 3. The topological polar surface area (TPSA) is 80.1 Å². The van der Waals surface area contributed by atoms with Crippen LogP contribution < -0.4 is 4.99 Å². The Bertz CT molecular complexity index is 715. The van der Waals surface area contributed by atoms with Gasteiger partial charge in [-0.15, -0.1) is 0 Å². The molecule has 0 saturated carbocycles. The van der Waals surface area contributed by atoms with Crippen molar-refractivity contribution in [2.45, 2.75) is 13.5 Å². The second-order valence-corrected chi connectivity index (χ2v) is 5.31. The van der Waals surface area contributed by atoms with E-state index in [2.05, 4.69) is 9.98 Å². The molecule has 1 fully saturated rings. The predicted octanol–water partition coefficient (Wildman–Crippen LogP) is -0.243. The molecule has 2 aliphatic heterocycles. The molecule has 1 aromatic heterocycles. The number of nitrogens with one attached hydrogen (secondary N) is 1. The normalized spacial score (nSPS) is 23.6. The van der Waals surface area contributed by atoms with E-state index >= 15 is 0 Å². The zero-order chi connectivity index (χ0) is 15.9. The molecule has 1 saturated heterocycles. The molecule has 114 valence electrons. The molecule has 3 amide bonds. The van der Waals surface area contributed by atoms with Crippen LogP contribution in [0.25, 0.3) is 0 Å². The van der Waals surface area contributed by atoms with Gasteiger partial charge in [-0.1, -0.05) is 0 Å². The van der Waals surface area contributed by atoms with Gasteiger partial charge in [-0.05, 0) is 19.1 Å². The molecule has 0 aliphatic carbocycles. The van der Waals surface area contributed by atoms with E-state index in [1.165, 1.54) is 11.9 Å². The van der Waals surface area contributed by atoms with Crippen molar-refractivity contribution in [1.82, 2.24) is 9.80 Å². The van der Waals surface area contributed by atoms with Crippen LogP contribution in [0.3, 0.4) is 0 Å². The maximum atomic E-state index is 12.5. The summed E-state index contributed by atoms with van der Waals surface area (Å²) in [6.45, 7) is 2.24. The van der Waals surface area contributed by atoms with Crippen molar-refractivity contribution in [1.29, 1.82) is 0 Å². The van der Waals surface area contributed by atoms with Crippen molar-refractivity contribution in [3.63, 3.8) is 0 Å². The standard InChI is InChI=1S/C15H16N4O3/c1-9-7-17-13-11(14(20)19(3)15(21)18(13)2)12(9)16-8-10-5-4-6-22-10/h4-7,11H,8H2,1-3H3/p+1. The zero-order valence-electron chi connectivity index (χ0n) is 12.7. The molecule has 0 radical (unpaired) electrons. The minimum atomic E-state index is -0.590. The van der Waals surface area contributed by atoms with Crippen LogP contribution >= 0.6 is 0 Å². The lowest BCUT2D eigenvalue weighted by Gasteiger charge is -2.32. The van der Waals surface area contributed by atoms with Gasteiger partial charge < -0.3 is 4.42 Å². The van der Waals surface area contributed by atoms with Gasteiger partial charge in [-0.3, -0.25) is 9.79 Å². The lowest BCUT2D eigenvalue weighted by Crippen LogP contribution is -2.80. The monoisotopic (exact) mass is 301 g/mol. The van der Waals surface area contributed by atoms with Crippen molar-refractivity contribution in [3.05, 3.63) is 35.9 Å². The van der Waals surface area contributed by atoms with Crippen LogP contribution in [-0.4, -0.2) is 47.4 Å². The average Bonchev–Trinajstić information content (AvgIpc) is 3.02. The van der Waals surface area contributed by atoms with E-state index < -0.39 is 5.92 Å². The third kappa shape index (κ3) is 2.14. The summed E-state index contributed by atoms with van der Waals surface area (Å²) in [6, 6.07) is 3.27. The van der Waals surface area contributed by atoms with Crippen LogP contribution in [-0.2, 0) is 11.3 Å². The number of allylic oxidation sites excluding steroid dienone is 1. The fourth-order valence-corrected chi connectivity index (χ4v) is 2.62. The highest BCUT2D eigenvalue weighted by Gasteiger charge is 2.50. The molecule has 1 N–H and O–H groups in total. The maximum absolute atomic E-state index is 12.5. The fraction of sp³-hybridized carbons (Fsp3) is 0.333. The van der Waals surface area contributed by atoms with E-state index in [4.69, 9.17) is 4.42 Å². The molecule has 7 heteroatoms. The van der Waals surface area contributed by atoms with Gasteiger partial charge in [-0.25, -0.2) is 14.7 Å². The SMILES string of the molecule is CC1=C[NH+]=C2C(C(=O)N(C)C(=O)N2C)C1=NCc1ccco1.